The summed E-state index contributed by atoms with van der Waals surface area (Å²) in [4.78, 5) is 2.34. The van der Waals surface area contributed by atoms with Crippen LogP contribution in [0.15, 0.2) is 48.5 Å². The molecule has 0 aromatic heterocycles. The summed E-state index contributed by atoms with van der Waals surface area (Å²) >= 11 is 0. The van der Waals surface area contributed by atoms with Crippen LogP contribution in [0.4, 0.5) is 11.4 Å². The van der Waals surface area contributed by atoms with Crippen LogP contribution in [0.25, 0.3) is 0 Å². The quantitative estimate of drug-likeness (QED) is 0.690. The van der Waals surface area contributed by atoms with Gasteiger partial charge in [0.1, 0.15) is 0 Å². The fourth-order valence-corrected chi connectivity index (χ4v) is 2.70. The molecule has 1 aliphatic heterocycles. The SMILES string of the molecule is CC#CCN1c2ccccc2CCc2ccccc21. The molecule has 0 bridgehead atoms. The number of aryl methyl sites for hydroxylation is 2. The maximum Gasteiger partial charge on any atom is 0.0843 e. The lowest BCUT2D eigenvalue weighted by molar-refractivity contribution is 0.977. The van der Waals surface area contributed by atoms with E-state index in [9.17, 15) is 0 Å². The Bertz CT molecular complexity index is 598. The first kappa shape index (κ1) is 11.9. The van der Waals surface area contributed by atoms with Crippen molar-refractivity contribution in [1.29, 1.82) is 0 Å². The molecule has 1 aliphatic rings. The van der Waals surface area contributed by atoms with Crippen molar-refractivity contribution in [3.63, 3.8) is 0 Å². The number of anilines is 2. The largest absolute Gasteiger partial charge is 0.329 e. The highest BCUT2D eigenvalue weighted by Gasteiger charge is 2.18. The molecule has 2 aromatic carbocycles. The predicted octanol–water partition coefficient (Wildman–Crippen LogP) is 3.95. The Morgan fingerprint density at radius 2 is 1.42 bits per heavy atom. The molecule has 1 heteroatoms. The van der Waals surface area contributed by atoms with Gasteiger partial charge in [-0.15, -0.1) is 5.92 Å². The zero-order valence-corrected chi connectivity index (χ0v) is 11.2. The van der Waals surface area contributed by atoms with Crippen molar-refractivity contribution in [1.82, 2.24) is 0 Å². The average Bonchev–Trinajstić information content (AvgIpc) is 2.62. The number of benzene rings is 2. The summed E-state index contributed by atoms with van der Waals surface area (Å²) in [6.07, 6.45) is 2.20. The smallest absolute Gasteiger partial charge is 0.0843 e. The van der Waals surface area contributed by atoms with Crippen LogP contribution in [0.5, 0.6) is 0 Å². The minimum atomic E-state index is 0.754. The molecule has 19 heavy (non-hydrogen) atoms. The first-order valence-corrected chi connectivity index (χ1v) is 6.73. The fraction of sp³-hybridized carbons (Fsp3) is 0.222. The van der Waals surface area contributed by atoms with E-state index in [2.05, 4.69) is 65.3 Å². The molecule has 0 aliphatic carbocycles. The van der Waals surface area contributed by atoms with Crippen molar-refractivity contribution < 1.29 is 0 Å². The van der Waals surface area contributed by atoms with Crippen molar-refractivity contribution in [2.24, 2.45) is 0 Å². The Balaban J connectivity index is 2.15. The fourth-order valence-electron chi connectivity index (χ4n) is 2.70. The van der Waals surface area contributed by atoms with Crippen LogP contribution in [0.3, 0.4) is 0 Å². The molecule has 0 radical (unpaired) electrons. The summed E-state index contributed by atoms with van der Waals surface area (Å²) in [5.41, 5.74) is 5.43. The van der Waals surface area contributed by atoms with Crippen LogP contribution in [0.1, 0.15) is 18.1 Å². The van der Waals surface area contributed by atoms with Crippen LogP contribution in [-0.4, -0.2) is 6.54 Å². The van der Waals surface area contributed by atoms with E-state index in [0.717, 1.165) is 19.4 Å². The number of rotatable bonds is 1. The first-order valence-electron chi connectivity index (χ1n) is 6.73. The van der Waals surface area contributed by atoms with Gasteiger partial charge in [0.05, 0.1) is 6.54 Å². The van der Waals surface area contributed by atoms with Gasteiger partial charge in [0, 0.05) is 11.4 Å². The van der Waals surface area contributed by atoms with E-state index >= 15 is 0 Å². The number of hydrogen-bond acceptors (Lipinski definition) is 1. The third-order valence-corrected chi connectivity index (χ3v) is 3.64. The number of fused-ring (bicyclic) bond motifs is 2. The standard InChI is InChI=1S/C18H17N/c1-2-3-14-19-17-10-6-4-8-15(17)12-13-16-9-5-7-11-18(16)19/h4-11H,12-14H2,1H3. The molecule has 0 fully saturated rings. The van der Waals surface area contributed by atoms with Crippen molar-refractivity contribution in [2.75, 3.05) is 11.4 Å². The van der Waals surface area contributed by atoms with Crippen LogP contribution in [-0.2, 0) is 12.8 Å². The molecule has 0 N–H and O–H groups in total. The Labute approximate surface area is 114 Å². The summed E-state index contributed by atoms with van der Waals surface area (Å²) in [5, 5.41) is 0. The number of nitrogens with zero attached hydrogens (tertiary/aromatic N) is 1. The van der Waals surface area contributed by atoms with Gasteiger partial charge in [0.15, 0.2) is 0 Å². The monoisotopic (exact) mass is 247 g/mol. The Morgan fingerprint density at radius 3 is 1.95 bits per heavy atom. The highest BCUT2D eigenvalue weighted by molar-refractivity contribution is 5.71. The lowest BCUT2D eigenvalue weighted by Crippen LogP contribution is -2.18. The van der Waals surface area contributed by atoms with E-state index in [1.54, 1.807) is 0 Å². The Morgan fingerprint density at radius 1 is 0.895 bits per heavy atom. The summed E-state index contributed by atoms with van der Waals surface area (Å²) in [5.74, 6) is 6.21. The van der Waals surface area contributed by atoms with Crippen LogP contribution >= 0.6 is 0 Å². The first-order chi connectivity index (χ1) is 9.40. The molecular weight excluding hydrogens is 230 g/mol. The molecule has 0 amide bonds. The van der Waals surface area contributed by atoms with E-state index in [1.165, 1.54) is 22.5 Å². The lowest BCUT2D eigenvalue weighted by Gasteiger charge is -2.24. The molecule has 0 unspecified atom stereocenters. The van der Waals surface area contributed by atoms with Gasteiger partial charge in [-0.3, -0.25) is 0 Å². The van der Waals surface area contributed by atoms with Crippen molar-refractivity contribution in [3.8, 4) is 11.8 Å². The third-order valence-electron chi connectivity index (χ3n) is 3.64. The molecule has 3 rings (SSSR count). The lowest BCUT2D eigenvalue weighted by atomic mass is 10.0. The van der Waals surface area contributed by atoms with Gasteiger partial charge in [-0.2, -0.15) is 0 Å². The molecule has 0 saturated carbocycles. The second-order valence-electron chi connectivity index (χ2n) is 4.77. The topological polar surface area (TPSA) is 3.24 Å². The number of para-hydroxylation sites is 2. The molecule has 94 valence electrons. The van der Waals surface area contributed by atoms with E-state index in [4.69, 9.17) is 0 Å². The molecule has 0 saturated heterocycles. The second kappa shape index (κ2) is 5.20. The summed E-state index contributed by atoms with van der Waals surface area (Å²) in [6, 6.07) is 17.3. The predicted molar refractivity (Wildman–Crippen MR) is 80.7 cm³/mol. The van der Waals surface area contributed by atoms with Gasteiger partial charge in [-0.25, -0.2) is 0 Å². The van der Waals surface area contributed by atoms with Crippen LogP contribution < -0.4 is 4.90 Å². The van der Waals surface area contributed by atoms with Gasteiger partial charge < -0.3 is 4.90 Å². The molecular formula is C18H17N. The second-order valence-corrected chi connectivity index (χ2v) is 4.77. The van der Waals surface area contributed by atoms with E-state index < -0.39 is 0 Å². The van der Waals surface area contributed by atoms with E-state index in [1.807, 2.05) is 6.92 Å². The molecule has 2 aromatic rings. The summed E-state index contributed by atoms with van der Waals surface area (Å²) in [6.45, 7) is 2.65. The zero-order chi connectivity index (χ0) is 13.1. The molecule has 1 heterocycles. The highest BCUT2D eigenvalue weighted by atomic mass is 15.1. The zero-order valence-electron chi connectivity index (χ0n) is 11.2. The molecule has 0 atom stereocenters. The van der Waals surface area contributed by atoms with E-state index in [-0.39, 0.29) is 0 Å². The van der Waals surface area contributed by atoms with Crippen molar-refractivity contribution in [3.05, 3.63) is 59.7 Å². The Hall–Kier alpha value is -2.20. The molecule has 0 spiro atoms. The van der Waals surface area contributed by atoms with Gasteiger partial charge in [0.2, 0.25) is 0 Å². The van der Waals surface area contributed by atoms with Gasteiger partial charge in [-0.05, 0) is 43.0 Å². The maximum atomic E-state index is 3.20. The normalized spacial score (nSPS) is 12.8. The summed E-state index contributed by atoms with van der Waals surface area (Å²) < 4.78 is 0. The van der Waals surface area contributed by atoms with Gasteiger partial charge >= 0.3 is 0 Å². The average molecular weight is 247 g/mol. The minimum absolute atomic E-state index is 0.754. The number of hydrogen-bond donors (Lipinski definition) is 0. The summed E-state index contributed by atoms with van der Waals surface area (Å²) in [7, 11) is 0. The van der Waals surface area contributed by atoms with Crippen LogP contribution in [0.2, 0.25) is 0 Å². The van der Waals surface area contributed by atoms with Crippen molar-refractivity contribution in [2.45, 2.75) is 19.8 Å². The minimum Gasteiger partial charge on any atom is -0.329 e. The van der Waals surface area contributed by atoms with Gasteiger partial charge in [0.25, 0.3) is 0 Å². The molecule has 1 nitrogen and oxygen atoms in total. The van der Waals surface area contributed by atoms with Crippen molar-refractivity contribution >= 4 is 11.4 Å². The van der Waals surface area contributed by atoms with Gasteiger partial charge in [-0.1, -0.05) is 42.3 Å². The maximum absolute atomic E-state index is 3.20. The Kier molecular flexibility index (Phi) is 3.25. The highest BCUT2D eigenvalue weighted by Crippen LogP contribution is 2.35. The van der Waals surface area contributed by atoms with Crippen LogP contribution in [0, 0.1) is 11.8 Å². The third kappa shape index (κ3) is 2.22. The van der Waals surface area contributed by atoms with E-state index in [0.29, 0.717) is 0 Å².